The minimum Gasteiger partial charge on any atom is -0.495 e. The lowest BCUT2D eigenvalue weighted by Crippen LogP contribution is -2.20. The molecular weight excluding hydrogens is 400 g/mol. The van der Waals surface area contributed by atoms with Crippen LogP contribution in [0.25, 0.3) is 22.8 Å². The lowest BCUT2D eigenvalue weighted by molar-refractivity contribution is -0.116. The van der Waals surface area contributed by atoms with Crippen molar-refractivity contribution in [3.63, 3.8) is 0 Å². The third-order valence-electron chi connectivity index (χ3n) is 4.46. The quantitative estimate of drug-likeness (QED) is 0.483. The van der Waals surface area contributed by atoms with Crippen molar-refractivity contribution < 1.29 is 9.53 Å². The molecule has 0 unspecified atom stereocenters. The summed E-state index contributed by atoms with van der Waals surface area (Å²) < 4.78 is 6.90. The predicted octanol–water partition coefficient (Wildman–Crippen LogP) is 4.91. The third kappa shape index (κ3) is 4.34. The van der Waals surface area contributed by atoms with Crippen molar-refractivity contribution >= 4 is 23.2 Å². The highest BCUT2D eigenvalue weighted by Gasteiger charge is 2.17. The summed E-state index contributed by atoms with van der Waals surface area (Å²) in [6, 6.07) is 24.4. The number of carbonyl (C=O) groups is 1. The molecule has 6 nitrogen and oxygen atoms in total. The molecule has 1 aromatic heterocycles. The molecule has 30 heavy (non-hydrogen) atoms. The molecule has 0 aliphatic heterocycles. The van der Waals surface area contributed by atoms with E-state index in [1.807, 2.05) is 60.7 Å². The van der Waals surface area contributed by atoms with Crippen molar-refractivity contribution in [3.8, 4) is 28.5 Å². The number of methoxy groups -OCH3 is 1. The summed E-state index contributed by atoms with van der Waals surface area (Å²) in [5.41, 5.74) is 2.25. The van der Waals surface area contributed by atoms with Crippen molar-refractivity contribution in [2.24, 2.45) is 0 Å². The molecule has 4 aromatic rings. The second kappa shape index (κ2) is 8.80. The number of nitrogens with one attached hydrogen (secondary N) is 1. The molecule has 0 atom stereocenters. The van der Waals surface area contributed by atoms with Gasteiger partial charge in [0.15, 0.2) is 11.6 Å². The van der Waals surface area contributed by atoms with E-state index in [0.717, 1.165) is 11.1 Å². The van der Waals surface area contributed by atoms with Crippen molar-refractivity contribution in [1.82, 2.24) is 14.8 Å². The maximum Gasteiger partial charge on any atom is 0.246 e. The van der Waals surface area contributed by atoms with E-state index >= 15 is 0 Å². The molecule has 0 saturated heterocycles. The van der Waals surface area contributed by atoms with Gasteiger partial charge in [-0.15, -0.1) is 5.10 Å². The average molecular weight is 419 g/mol. The Kier molecular flexibility index (Phi) is 5.77. The predicted molar refractivity (Wildman–Crippen MR) is 118 cm³/mol. The molecule has 0 saturated carbocycles. The zero-order valence-corrected chi connectivity index (χ0v) is 17.0. The number of anilines is 1. The van der Waals surface area contributed by atoms with E-state index in [1.54, 1.807) is 22.9 Å². The van der Waals surface area contributed by atoms with Crippen LogP contribution in [0.15, 0.2) is 78.9 Å². The number of benzene rings is 3. The van der Waals surface area contributed by atoms with Crippen LogP contribution in [0, 0.1) is 0 Å². The smallest absolute Gasteiger partial charge is 0.246 e. The Morgan fingerprint density at radius 2 is 1.67 bits per heavy atom. The summed E-state index contributed by atoms with van der Waals surface area (Å²) >= 11 is 6.06. The van der Waals surface area contributed by atoms with Gasteiger partial charge in [-0.1, -0.05) is 72.3 Å². The monoisotopic (exact) mass is 418 g/mol. The minimum absolute atomic E-state index is 0.0142. The summed E-state index contributed by atoms with van der Waals surface area (Å²) in [4.78, 5) is 17.5. The number of hydrogen-bond acceptors (Lipinski definition) is 4. The number of halogens is 1. The number of aromatic nitrogens is 3. The van der Waals surface area contributed by atoms with Crippen LogP contribution in [-0.4, -0.2) is 27.8 Å². The molecule has 1 heterocycles. The highest BCUT2D eigenvalue weighted by Crippen LogP contribution is 2.28. The van der Waals surface area contributed by atoms with E-state index in [-0.39, 0.29) is 12.5 Å². The molecule has 3 aromatic carbocycles. The Morgan fingerprint density at radius 3 is 2.33 bits per heavy atom. The van der Waals surface area contributed by atoms with Gasteiger partial charge in [0, 0.05) is 16.1 Å². The molecule has 1 N–H and O–H groups in total. The zero-order chi connectivity index (χ0) is 20.9. The summed E-state index contributed by atoms with van der Waals surface area (Å²) in [6.45, 7) is -0.0142. The van der Waals surface area contributed by atoms with Gasteiger partial charge in [0.2, 0.25) is 5.91 Å². The van der Waals surface area contributed by atoms with Crippen LogP contribution in [0.2, 0.25) is 5.02 Å². The molecule has 0 radical (unpaired) electrons. The molecule has 4 rings (SSSR count). The Hall–Kier alpha value is -3.64. The first-order chi connectivity index (χ1) is 14.6. The maximum atomic E-state index is 12.8. The number of nitrogens with zero attached hydrogens (tertiary/aromatic N) is 3. The van der Waals surface area contributed by atoms with E-state index in [9.17, 15) is 4.79 Å². The van der Waals surface area contributed by atoms with Gasteiger partial charge in [0.05, 0.1) is 12.8 Å². The Bertz CT molecular complexity index is 1160. The van der Waals surface area contributed by atoms with Crippen molar-refractivity contribution in [3.05, 3.63) is 83.9 Å². The molecule has 0 aliphatic carbocycles. The molecule has 7 heteroatoms. The molecule has 150 valence electrons. The van der Waals surface area contributed by atoms with Gasteiger partial charge in [0.25, 0.3) is 0 Å². The van der Waals surface area contributed by atoms with Gasteiger partial charge in [-0.2, -0.15) is 0 Å². The highest BCUT2D eigenvalue weighted by atomic mass is 35.5. The van der Waals surface area contributed by atoms with Gasteiger partial charge < -0.3 is 10.1 Å². The highest BCUT2D eigenvalue weighted by molar-refractivity contribution is 6.31. The molecule has 0 fully saturated rings. The van der Waals surface area contributed by atoms with Crippen LogP contribution in [-0.2, 0) is 11.3 Å². The first-order valence-electron chi connectivity index (χ1n) is 9.33. The topological polar surface area (TPSA) is 69.0 Å². The summed E-state index contributed by atoms with van der Waals surface area (Å²) in [5.74, 6) is 1.43. The van der Waals surface area contributed by atoms with E-state index in [0.29, 0.717) is 28.1 Å². The van der Waals surface area contributed by atoms with E-state index in [4.69, 9.17) is 16.3 Å². The molecule has 0 aliphatic rings. The first kappa shape index (κ1) is 19.7. The zero-order valence-electron chi connectivity index (χ0n) is 16.2. The van der Waals surface area contributed by atoms with Gasteiger partial charge in [0.1, 0.15) is 12.3 Å². The second-order valence-electron chi connectivity index (χ2n) is 6.54. The van der Waals surface area contributed by atoms with Crippen LogP contribution >= 0.6 is 11.6 Å². The van der Waals surface area contributed by atoms with Crippen LogP contribution in [0.1, 0.15) is 0 Å². The lowest BCUT2D eigenvalue weighted by atomic mass is 10.2. The fourth-order valence-electron chi connectivity index (χ4n) is 3.07. The standard InChI is InChI=1S/C23H19ClN4O2/c1-30-20-13-12-18(24)14-19(20)25-21(29)15-28-23(17-10-6-3-7-11-17)26-22(27-28)16-8-4-2-5-9-16/h2-14H,15H2,1H3,(H,25,29). The minimum atomic E-state index is -0.266. The van der Waals surface area contributed by atoms with Crippen molar-refractivity contribution in [1.29, 1.82) is 0 Å². The molecule has 1 amide bonds. The van der Waals surface area contributed by atoms with Crippen LogP contribution in [0.3, 0.4) is 0 Å². The summed E-state index contributed by atoms with van der Waals surface area (Å²) in [5, 5.41) is 7.93. The Balaban J connectivity index is 1.65. The summed E-state index contributed by atoms with van der Waals surface area (Å²) in [6.07, 6.45) is 0. The normalized spacial score (nSPS) is 10.6. The van der Waals surface area contributed by atoms with Crippen LogP contribution in [0.4, 0.5) is 5.69 Å². The fraction of sp³-hybridized carbons (Fsp3) is 0.0870. The van der Waals surface area contributed by atoms with Gasteiger partial charge in [-0.3, -0.25) is 4.79 Å². The van der Waals surface area contributed by atoms with Gasteiger partial charge in [-0.25, -0.2) is 9.67 Å². The van der Waals surface area contributed by atoms with E-state index in [2.05, 4.69) is 15.4 Å². The number of hydrogen-bond donors (Lipinski definition) is 1. The van der Waals surface area contributed by atoms with Crippen molar-refractivity contribution in [2.75, 3.05) is 12.4 Å². The number of rotatable bonds is 6. The van der Waals surface area contributed by atoms with E-state index < -0.39 is 0 Å². The van der Waals surface area contributed by atoms with Crippen molar-refractivity contribution in [2.45, 2.75) is 6.54 Å². The van der Waals surface area contributed by atoms with Crippen LogP contribution in [0.5, 0.6) is 5.75 Å². The van der Waals surface area contributed by atoms with Crippen LogP contribution < -0.4 is 10.1 Å². The second-order valence-corrected chi connectivity index (χ2v) is 6.98. The van der Waals surface area contributed by atoms with E-state index in [1.165, 1.54) is 7.11 Å². The molecule has 0 bridgehead atoms. The average Bonchev–Trinajstić information content (AvgIpc) is 3.19. The summed E-state index contributed by atoms with van der Waals surface area (Å²) in [7, 11) is 1.54. The fourth-order valence-corrected chi connectivity index (χ4v) is 3.24. The Morgan fingerprint density at radius 1 is 1.00 bits per heavy atom. The largest absolute Gasteiger partial charge is 0.495 e. The molecule has 0 spiro atoms. The Labute approximate surface area is 179 Å². The molecular formula is C23H19ClN4O2. The lowest BCUT2D eigenvalue weighted by Gasteiger charge is -2.11. The first-order valence-corrected chi connectivity index (χ1v) is 9.71. The number of ether oxygens (including phenoxy) is 1. The van der Waals surface area contributed by atoms with Gasteiger partial charge >= 0.3 is 0 Å². The number of amides is 1. The number of carbonyl (C=O) groups excluding carboxylic acids is 1. The maximum absolute atomic E-state index is 12.8. The SMILES string of the molecule is COc1ccc(Cl)cc1NC(=O)Cn1nc(-c2ccccc2)nc1-c1ccccc1. The third-order valence-corrected chi connectivity index (χ3v) is 4.70. The van der Waals surface area contributed by atoms with Gasteiger partial charge in [-0.05, 0) is 18.2 Å².